The van der Waals surface area contributed by atoms with Gasteiger partial charge in [-0.3, -0.25) is 0 Å². The Hall–Kier alpha value is -1.13. The molecule has 3 rings (SSSR count). The van der Waals surface area contributed by atoms with Crippen molar-refractivity contribution in [3.63, 3.8) is 0 Å². The van der Waals surface area contributed by atoms with Crippen LogP contribution in [0.5, 0.6) is 0 Å². The second-order valence-corrected chi connectivity index (χ2v) is 5.03. The molecular formula is C13H16N2OS. The van der Waals surface area contributed by atoms with Gasteiger partial charge in [-0.1, -0.05) is 12.1 Å². The van der Waals surface area contributed by atoms with Gasteiger partial charge in [-0.05, 0) is 43.6 Å². The Balaban J connectivity index is 2.08. The molecule has 1 aliphatic rings. The molecule has 2 aromatic rings. The molecule has 1 fully saturated rings. The lowest BCUT2D eigenvalue weighted by Crippen LogP contribution is -2.15. The van der Waals surface area contributed by atoms with Crippen molar-refractivity contribution in [2.45, 2.75) is 32.4 Å². The van der Waals surface area contributed by atoms with Gasteiger partial charge in [-0.15, -0.1) is 0 Å². The van der Waals surface area contributed by atoms with Crippen LogP contribution in [-0.4, -0.2) is 22.3 Å². The number of aromatic nitrogens is 2. The van der Waals surface area contributed by atoms with E-state index in [0.29, 0.717) is 6.10 Å². The highest BCUT2D eigenvalue weighted by Crippen LogP contribution is 2.21. The van der Waals surface area contributed by atoms with Crippen molar-refractivity contribution in [2.24, 2.45) is 0 Å². The first-order valence-corrected chi connectivity index (χ1v) is 6.46. The first-order chi connectivity index (χ1) is 8.25. The summed E-state index contributed by atoms with van der Waals surface area (Å²) in [4.78, 5) is 3.26. The number of hydrogen-bond donors (Lipinski definition) is 1. The number of rotatable bonds is 2. The first kappa shape index (κ1) is 11.0. The molecule has 0 amide bonds. The molecule has 2 heterocycles. The van der Waals surface area contributed by atoms with E-state index >= 15 is 0 Å². The fraction of sp³-hybridized carbons (Fsp3) is 0.462. The molecule has 1 aromatic carbocycles. The second-order valence-electron chi connectivity index (χ2n) is 4.65. The Labute approximate surface area is 105 Å². The number of ether oxygens (including phenoxy) is 1. The van der Waals surface area contributed by atoms with Crippen molar-refractivity contribution < 1.29 is 4.74 Å². The lowest BCUT2D eigenvalue weighted by Gasteiger charge is -2.12. The zero-order chi connectivity index (χ0) is 11.8. The van der Waals surface area contributed by atoms with E-state index in [1.54, 1.807) is 0 Å². The molecule has 1 N–H and O–H groups in total. The summed E-state index contributed by atoms with van der Waals surface area (Å²) in [7, 11) is 0. The van der Waals surface area contributed by atoms with Crippen LogP contribution >= 0.6 is 12.2 Å². The van der Waals surface area contributed by atoms with Gasteiger partial charge in [-0.25, -0.2) is 0 Å². The average Bonchev–Trinajstić information content (AvgIpc) is 2.89. The summed E-state index contributed by atoms with van der Waals surface area (Å²) < 4.78 is 8.66. The number of para-hydroxylation sites is 1. The van der Waals surface area contributed by atoms with Gasteiger partial charge in [0, 0.05) is 6.61 Å². The maximum atomic E-state index is 5.69. The SMILES string of the molecule is Cc1cccc2[nH]c(=S)n(CC3CCCO3)c12. The molecule has 1 atom stereocenters. The van der Waals surface area contributed by atoms with E-state index < -0.39 is 0 Å². The number of H-pyrrole nitrogens is 1. The molecule has 1 saturated heterocycles. The molecule has 90 valence electrons. The molecular weight excluding hydrogens is 232 g/mol. The average molecular weight is 248 g/mol. The van der Waals surface area contributed by atoms with Crippen LogP contribution in [0, 0.1) is 11.7 Å². The van der Waals surface area contributed by atoms with E-state index in [2.05, 4.69) is 34.7 Å². The van der Waals surface area contributed by atoms with Crippen molar-refractivity contribution in [3.8, 4) is 0 Å². The zero-order valence-corrected chi connectivity index (χ0v) is 10.7. The van der Waals surface area contributed by atoms with E-state index in [-0.39, 0.29) is 0 Å². The predicted octanol–water partition coefficient (Wildman–Crippen LogP) is 3.19. The van der Waals surface area contributed by atoms with Gasteiger partial charge < -0.3 is 14.3 Å². The van der Waals surface area contributed by atoms with Crippen LogP contribution < -0.4 is 0 Å². The van der Waals surface area contributed by atoms with Gasteiger partial charge in [0.15, 0.2) is 4.77 Å². The summed E-state index contributed by atoms with van der Waals surface area (Å²) in [6, 6.07) is 6.25. The number of hydrogen-bond acceptors (Lipinski definition) is 2. The summed E-state index contributed by atoms with van der Waals surface area (Å²) in [6.07, 6.45) is 2.62. The molecule has 0 radical (unpaired) electrons. The van der Waals surface area contributed by atoms with Crippen molar-refractivity contribution >= 4 is 23.3 Å². The van der Waals surface area contributed by atoms with Gasteiger partial charge in [0.25, 0.3) is 0 Å². The maximum Gasteiger partial charge on any atom is 0.178 e. The van der Waals surface area contributed by atoms with Crippen LogP contribution in [0.3, 0.4) is 0 Å². The Morgan fingerprint density at radius 1 is 1.53 bits per heavy atom. The fourth-order valence-electron chi connectivity index (χ4n) is 2.57. The number of aryl methyl sites for hydroxylation is 1. The van der Waals surface area contributed by atoms with Crippen LogP contribution in [0.4, 0.5) is 0 Å². The van der Waals surface area contributed by atoms with Gasteiger partial charge in [0.2, 0.25) is 0 Å². The van der Waals surface area contributed by atoms with Crippen LogP contribution in [0.1, 0.15) is 18.4 Å². The van der Waals surface area contributed by atoms with Gasteiger partial charge in [0.05, 0.1) is 23.7 Å². The molecule has 17 heavy (non-hydrogen) atoms. The van der Waals surface area contributed by atoms with E-state index in [1.807, 2.05) is 0 Å². The molecule has 1 unspecified atom stereocenters. The maximum absolute atomic E-state index is 5.69. The smallest absolute Gasteiger partial charge is 0.178 e. The first-order valence-electron chi connectivity index (χ1n) is 6.05. The number of benzene rings is 1. The van der Waals surface area contributed by atoms with Crippen molar-refractivity contribution in [3.05, 3.63) is 28.5 Å². The fourth-order valence-corrected chi connectivity index (χ4v) is 2.84. The number of imidazole rings is 1. The van der Waals surface area contributed by atoms with Crippen LogP contribution in [0.25, 0.3) is 11.0 Å². The highest BCUT2D eigenvalue weighted by Gasteiger charge is 2.18. The molecule has 0 saturated carbocycles. The normalized spacial score (nSPS) is 20.2. The predicted molar refractivity (Wildman–Crippen MR) is 70.8 cm³/mol. The lowest BCUT2D eigenvalue weighted by molar-refractivity contribution is 0.0976. The molecule has 0 aliphatic carbocycles. The third-order valence-corrected chi connectivity index (χ3v) is 3.73. The summed E-state index contributed by atoms with van der Waals surface area (Å²) in [5, 5.41) is 0. The van der Waals surface area contributed by atoms with Crippen LogP contribution in [0.2, 0.25) is 0 Å². The molecule has 0 spiro atoms. The minimum atomic E-state index is 0.320. The largest absolute Gasteiger partial charge is 0.376 e. The van der Waals surface area contributed by atoms with Crippen molar-refractivity contribution in [2.75, 3.05) is 6.61 Å². The number of aromatic amines is 1. The highest BCUT2D eigenvalue weighted by molar-refractivity contribution is 7.71. The van der Waals surface area contributed by atoms with E-state index in [1.165, 1.54) is 17.5 Å². The van der Waals surface area contributed by atoms with E-state index in [0.717, 1.165) is 29.9 Å². The van der Waals surface area contributed by atoms with Crippen LogP contribution in [0.15, 0.2) is 18.2 Å². The molecule has 0 bridgehead atoms. The summed E-state index contributed by atoms with van der Waals surface area (Å²) >= 11 is 5.40. The van der Waals surface area contributed by atoms with Crippen molar-refractivity contribution in [1.29, 1.82) is 0 Å². The Kier molecular flexibility index (Phi) is 2.76. The number of fused-ring (bicyclic) bond motifs is 1. The summed E-state index contributed by atoms with van der Waals surface area (Å²) in [6.45, 7) is 3.87. The zero-order valence-electron chi connectivity index (χ0n) is 9.90. The van der Waals surface area contributed by atoms with E-state index in [9.17, 15) is 0 Å². The monoisotopic (exact) mass is 248 g/mol. The lowest BCUT2D eigenvalue weighted by atomic mass is 10.2. The Morgan fingerprint density at radius 3 is 3.18 bits per heavy atom. The Bertz CT molecular complexity index is 593. The van der Waals surface area contributed by atoms with Gasteiger partial charge in [-0.2, -0.15) is 0 Å². The number of nitrogens with one attached hydrogen (secondary N) is 1. The molecule has 1 aromatic heterocycles. The van der Waals surface area contributed by atoms with Gasteiger partial charge >= 0.3 is 0 Å². The van der Waals surface area contributed by atoms with Crippen LogP contribution in [-0.2, 0) is 11.3 Å². The standard InChI is InChI=1S/C13H16N2OS/c1-9-4-2-6-11-12(9)15(13(17)14-11)8-10-5-3-7-16-10/h2,4,6,10H,3,5,7-8H2,1H3,(H,14,17). The third kappa shape index (κ3) is 1.91. The van der Waals surface area contributed by atoms with E-state index in [4.69, 9.17) is 17.0 Å². The summed E-state index contributed by atoms with van der Waals surface area (Å²) in [5.41, 5.74) is 3.59. The summed E-state index contributed by atoms with van der Waals surface area (Å²) in [5.74, 6) is 0. The third-order valence-electron chi connectivity index (χ3n) is 3.40. The van der Waals surface area contributed by atoms with Gasteiger partial charge in [0.1, 0.15) is 0 Å². The molecule has 3 nitrogen and oxygen atoms in total. The second kappa shape index (κ2) is 4.27. The molecule has 1 aliphatic heterocycles. The minimum Gasteiger partial charge on any atom is -0.376 e. The number of nitrogens with zero attached hydrogens (tertiary/aromatic N) is 1. The molecule has 4 heteroatoms. The highest BCUT2D eigenvalue weighted by atomic mass is 32.1. The topological polar surface area (TPSA) is 29.9 Å². The quantitative estimate of drug-likeness (QED) is 0.827. The minimum absolute atomic E-state index is 0.320. The van der Waals surface area contributed by atoms with Crippen molar-refractivity contribution in [1.82, 2.24) is 9.55 Å². The Morgan fingerprint density at radius 2 is 2.41 bits per heavy atom.